The van der Waals surface area contributed by atoms with Gasteiger partial charge in [0.25, 0.3) is 5.56 Å². The Morgan fingerprint density at radius 3 is 2.91 bits per heavy atom. The normalized spacial score (nSPS) is 12.9. The van der Waals surface area contributed by atoms with E-state index in [-0.39, 0.29) is 17.2 Å². The molecule has 1 aromatic carbocycles. The standard InChI is InChI=1S/C16H17N3O2S/c20-14(17-9-11-5-2-1-3-6-11)10-22-16-18-13-8-4-7-12(13)15(21)19-16/h1-3,5-6H,4,7-10H2,(H,17,20)(H,18,19,21). The van der Waals surface area contributed by atoms with Crippen molar-refractivity contribution in [3.05, 3.63) is 57.5 Å². The lowest BCUT2D eigenvalue weighted by Crippen LogP contribution is -2.25. The molecule has 3 rings (SSSR count). The summed E-state index contributed by atoms with van der Waals surface area (Å²) in [5, 5.41) is 3.38. The molecule has 114 valence electrons. The predicted octanol–water partition coefficient (Wildman–Crippen LogP) is 1.67. The second-order valence-corrected chi connectivity index (χ2v) is 6.16. The number of aryl methyl sites for hydroxylation is 1. The summed E-state index contributed by atoms with van der Waals surface area (Å²) in [7, 11) is 0. The lowest BCUT2D eigenvalue weighted by Gasteiger charge is -2.06. The lowest BCUT2D eigenvalue weighted by atomic mass is 10.2. The van der Waals surface area contributed by atoms with E-state index in [4.69, 9.17) is 0 Å². The van der Waals surface area contributed by atoms with Gasteiger partial charge in [0, 0.05) is 12.1 Å². The van der Waals surface area contributed by atoms with Crippen LogP contribution >= 0.6 is 11.8 Å². The molecular formula is C16H17N3O2S. The molecule has 5 nitrogen and oxygen atoms in total. The second kappa shape index (κ2) is 6.79. The summed E-state index contributed by atoms with van der Waals surface area (Å²) in [5.41, 5.74) is 2.69. The fourth-order valence-corrected chi connectivity index (χ4v) is 3.18. The van der Waals surface area contributed by atoms with E-state index >= 15 is 0 Å². The Bertz CT molecular complexity index is 728. The Hall–Kier alpha value is -2.08. The Morgan fingerprint density at radius 1 is 1.27 bits per heavy atom. The van der Waals surface area contributed by atoms with Crippen LogP contribution in [0.3, 0.4) is 0 Å². The molecular weight excluding hydrogens is 298 g/mol. The third-order valence-electron chi connectivity index (χ3n) is 3.59. The Morgan fingerprint density at radius 2 is 2.09 bits per heavy atom. The van der Waals surface area contributed by atoms with Crippen LogP contribution in [0, 0.1) is 0 Å². The maximum Gasteiger partial charge on any atom is 0.254 e. The quantitative estimate of drug-likeness (QED) is 0.650. The van der Waals surface area contributed by atoms with Gasteiger partial charge in [-0.2, -0.15) is 0 Å². The monoisotopic (exact) mass is 315 g/mol. The van der Waals surface area contributed by atoms with E-state index < -0.39 is 0 Å². The number of amides is 1. The fourth-order valence-electron chi connectivity index (χ4n) is 2.47. The number of fused-ring (bicyclic) bond motifs is 1. The zero-order chi connectivity index (χ0) is 15.4. The van der Waals surface area contributed by atoms with E-state index in [9.17, 15) is 9.59 Å². The van der Waals surface area contributed by atoms with E-state index in [2.05, 4.69) is 15.3 Å². The number of carbonyl (C=O) groups is 1. The van der Waals surface area contributed by atoms with Crippen molar-refractivity contribution >= 4 is 17.7 Å². The minimum atomic E-state index is -0.0722. The highest BCUT2D eigenvalue weighted by Crippen LogP contribution is 2.19. The summed E-state index contributed by atoms with van der Waals surface area (Å²) in [6.45, 7) is 0.508. The molecule has 0 spiro atoms. The minimum absolute atomic E-state index is 0.0605. The molecule has 0 unspecified atom stereocenters. The lowest BCUT2D eigenvalue weighted by molar-refractivity contribution is -0.118. The first-order valence-electron chi connectivity index (χ1n) is 7.28. The summed E-state index contributed by atoms with van der Waals surface area (Å²) >= 11 is 1.27. The van der Waals surface area contributed by atoms with Crippen LogP contribution in [0.25, 0.3) is 0 Å². The van der Waals surface area contributed by atoms with Crippen molar-refractivity contribution in [2.75, 3.05) is 5.75 Å². The summed E-state index contributed by atoms with van der Waals surface area (Å²) < 4.78 is 0. The van der Waals surface area contributed by atoms with Gasteiger partial charge in [-0.05, 0) is 24.8 Å². The van der Waals surface area contributed by atoms with Gasteiger partial charge >= 0.3 is 0 Å². The number of thioether (sulfide) groups is 1. The molecule has 0 atom stereocenters. The zero-order valence-electron chi connectivity index (χ0n) is 12.1. The third-order valence-corrected chi connectivity index (χ3v) is 4.47. The van der Waals surface area contributed by atoms with E-state index in [0.717, 1.165) is 36.1 Å². The van der Waals surface area contributed by atoms with Crippen molar-refractivity contribution in [1.82, 2.24) is 15.3 Å². The molecule has 1 aliphatic rings. The number of rotatable bonds is 5. The van der Waals surface area contributed by atoms with Crippen LogP contribution in [0.1, 0.15) is 23.2 Å². The van der Waals surface area contributed by atoms with Crippen LogP contribution in [-0.2, 0) is 24.2 Å². The van der Waals surface area contributed by atoms with E-state index in [1.807, 2.05) is 30.3 Å². The highest BCUT2D eigenvalue weighted by molar-refractivity contribution is 7.99. The summed E-state index contributed by atoms with van der Waals surface area (Å²) in [5.74, 6) is 0.172. The van der Waals surface area contributed by atoms with Crippen LogP contribution in [0.4, 0.5) is 0 Å². The number of benzene rings is 1. The Labute approximate surface area is 132 Å². The highest BCUT2D eigenvalue weighted by atomic mass is 32.2. The molecule has 0 saturated heterocycles. The van der Waals surface area contributed by atoms with Crippen LogP contribution in [0.15, 0.2) is 40.3 Å². The molecule has 2 aromatic rings. The maximum atomic E-state index is 11.9. The second-order valence-electron chi connectivity index (χ2n) is 5.20. The van der Waals surface area contributed by atoms with Gasteiger partial charge in [-0.1, -0.05) is 42.1 Å². The molecule has 0 aliphatic heterocycles. The summed E-state index contributed by atoms with van der Waals surface area (Å²) in [6.07, 6.45) is 2.64. The minimum Gasteiger partial charge on any atom is -0.351 e. The molecule has 0 bridgehead atoms. The molecule has 0 saturated carbocycles. The third kappa shape index (κ3) is 3.57. The van der Waals surface area contributed by atoms with Crippen molar-refractivity contribution in [2.24, 2.45) is 0 Å². The van der Waals surface area contributed by atoms with E-state index in [1.165, 1.54) is 11.8 Å². The van der Waals surface area contributed by atoms with Gasteiger partial charge in [0.05, 0.1) is 11.4 Å². The highest BCUT2D eigenvalue weighted by Gasteiger charge is 2.17. The first kappa shape index (κ1) is 14.8. The number of carbonyl (C=O) groups excluding carboxylic acids is 1. The molecule has 1 aliphatic carbocycles. The van der Waals surface area contributed by atoms with E-state index in [0.29, 0.717) is 11.7 Å². The van der Waals surface area contributed by atoms with Crippen molar-refractivity contribution < 1.29 is 4.79 Å². The van der Waals surface area contributed by atoms with Crippen molar-refractivity contribution in [2.45, 2.75) is 31.0 Å². The largest absolute Gasteiger partial charge is 0.351 e. The molecule has 22 heavy (non-hydrogen) atoms. The molecule has 1 heterocycles. The summed E-state index contributed by atoms with van der Waals surface area (Å²) in [4.78, 5) is 30.9. The number of aromatic amines is 1. The Balaban J connectivity index is 1.53. The number of nitrogens with one attached hydrogen (secondary N) is 2. The van der Waals surface area contributed by atoms with Crippen LogP contribution < -0.4 is 10.9 Å². The van der Waals surface area contributed by atoms with Gasteiger partial charge in [0.2, 0.25) is 5.91 Å². The molecule has 0 radical (unpaired) electrons. The van der Waals surface area contributed by atoms with Crippen LogP contribution in [0.5, 0.6) is 0 Å². The predicted molar refractivity (Wildman–Crippen MR) is 85.9 cm³/mol. The molecule has 6 heteroatoms. The molecule has 2 N–H and O–H groups in total. The first-order chi connectivity index (χ1) is 10.7. The Kier molecular flexibility index (Phi) is 4.58. The number of hydrogen-bond donors (Lipinski definition) is 2. The number of hydrogen-bond acceptors (Lipinski definition) is 4. The summed E-state index contributed by atoms with van der Waals surface area (Å²) in [6, 6.07) is 9.75. The SMILES string of the molecule is O=C(CSc1nc2c(c(=O)[nH]1)CCC2)NCc1ccccc1. The topological polar surface area (TPSA) is 74.8 Å². The van der Waals surface area contributed by atoms with Crippen LogP contribution in [0.2, 0.25) is 0 Å². The van der Waals surface area contributed by atoms with Gasteiger partial charge in [0.15, 0.2) is 5.16 Å². The van der Waals surface area contributed by atoms with Gasteiger partial charge < -0.3 is 10.3 Å². The average molecular weight is 315 g/mol. The van der Waals surface area contributed by atoms with Gasteiger partial charge in [0.1, 0.15) is 0 Å². The number of nitrogens with zero attached hydrogens (tertiary/aromatic N) is 1. The smallest absolute Gasteiger partial charge is 0.254 e. The van der Waals surface area contributed by atoms with Gasteiger partial charge in [-0.3, -0.25) is 9.59 Å². The maximum absolute atomic E-state index is 11.9. The molecule has 1 aromatic heterocycles. The van der Waals surface area contributed by atoms with Gasteiger partial charge in [-0.15, -0.1) is 0 Å². The van der Waals surface area contributed by atoms with Gasteiger partial charge in [-0.25, -0.2) is 4.98 Å². The van der Waals surface area contributed by atoms with E-state index in [1.54, 1.807) is 0 Å². The average Bonchev–Trinajstić information content (AvgIpc) is 3.01. The fraction of sp³-hybridized carbons (Fsp3) is 0.312. The zero-order valence-corrected chi connectivity index (χ0v) is 12.9. The molecule has 1 amide bonds. The van der Waals surface area contributed by atoms with Crippen LogP contribution in [-0.4, -0.2) is 21.6 Å². The van der Waals surface area contributed by atoms with Crippen molar-refractivity contribution in [1.29, 1.82) is 0 Å². The first-order valence-corrected chi connectivity index (χ1v) is 8.26. The van der Waals surface area contributed by atoms with Crippen molar-refractivity contribution in [3.8, 4) is 0 Å². The number of H-pyrrole nitrogens is 1. The number of aromatic nitrogens is 2. The van der Waals surface area contributed by atoms with Crippen molar-refractivity contribution in [3.63, 3.8) is 0 Å². The molecule has 0 fully saturated rings.